The van der Waals surface area contributed by atoms with Crippen LogP contribution in [0.25, 0.3) is 6.08 Å². The number of aliphatic hydroxyl groups excluding tert-OH is 1. The van der Waals surface area contributed by atoms with Gasteiger partial charge >= 0.3 is 12.1 Å². The number of carbonyl (C=O) groups is 3. The predicted octanol–water partition coefficient (Wildman–Crippen LogP) is 4.59. The second kappa shape index (κ2) is 18.0. The normalized spacial score (nSPS) is 26.6. The molecule has 2 saturated heterocycles. The first-order valence-corrected chi connectivity index (χ1v) is 18.5. The average Bonchev–Trinajstić information content (AvgIpc) is 3.63. The van der Waals surface area contributed by atoms with E-state index in [1.165, 1.54) is 12.1 Å². The predicted molar refractivity (Wildman–Crippen MR) is 197 cm³/mol. The van der Waals surface area contributed by atoms with Gasteiger partial charge in [0, 0.05) is 63.3 Å². The van der Waals surface area contributed by atoms with Crippen LogP contribution in [-0.4, -0.2) is 125 Å². The highest BCUT2D eigenvalue weighted by Crippen LogP contribution is 2.28. The van der Waals surface area contributed by atoms with Gasteiger partial charge in [0.05, 0.1) is 12.5 Å². The van der Waals surface area contributed by atoms with E-state index in [0.717, 1.165) is 25.9 Å². The van der Waals surface area contributed by atoms with Gasteiger partial charge in [-0.25, -0.2) is 9.18 Å². The van der Waals surface area contributed by atoms with Crippen molar-refractivity contribution in [3.63, 3.8) is 0 Å². The first-order valence-electron chi connectivity index (χ1n) is 18.5. The molecule has 12 nitrogen and oxygen atoms in total. The van der Waals surface area contributed by atoms with Crippen LogP contribution < -0.4 is 4.90 Å². The van der Waals surface area contributed by atoms with Crippen molar-refractivity contribution in [1.82, 2.24) is 24.5 Å². The van der Waals surface area contributed by atoms with Crippen molar-refractivity contribution in [1.29, 1.82) is 0 Å². The Morgan fingerprint density at radius 1 is 1.06 bits per heavy atom. The Hall–Kier alpha value is -4.23. The molecular weight excluding hydrogens is 667 g/mol. The number of cyclic esters (lactones) is 1. The third-order valence-electron chi connectivity index (χ3n) is 10.6. The molecular formula is C39H55FN6O6. The Balaban J connectivity index is 1.29. The molecule has 2 fully saturated rings. The number of aromatic nitrogens is 2. The van der Waals surface area contributed by atoms with Crippen molar-refractivity contribution in [2.45, 2.75) is 83.8 Å². The number of rotatable bonds is 7. The number of piperidine rings is 1. The molecule has 1 aromatic heterocycles. The van der Waals surface area contributed by atoms with Crippen LogP contribution in [0.1, 0.15) is 58.4 Å². The van der Waals surface area contributed by atoms with Gasteiger partial charge < -0.3 is 34.2 Å². The highest BCUT2D eigenvalue weighted by Gasteiger charge is 2.30. The van der Waals surface area contributed by atoms with Crippen molar-refractivity contribution in [2.24, 2.45) is 11.8 Å². The summed E-state index contributed by atoms with van der Waals surface area (Å²) in [6, 6.07) is 6.72. The molecule has 0 bridgehead atoms. The summed E-state index contributed by atoms with van der Waals surface area (Å²) in [4.78, 5) is 46.9. The van der Waals surface area contributed by atoms with Crippen LogP contribution in [0.5, 0.6) is 0 Å². The van der Waals surface area contributed by atoms with Crippen LogP contribution in [0.4, 0.5) is 14.9 Å². The fraction of sp³-hybridized carbons (Fsp3) is 0.590. The van der Waals surface area contributed by atoms with Gasteiger partial charge in [-0.05, 0) is 100 Å². The lowest BCUT2D eigenvalue weighted by molar-refractivity contribution is -0.151. The maximum atomic E-state index is 15.1. The van der Waals surface area contributed by atoms with Crippen LogP contribution >= 0.6 is 0 Å². The highest BCUT2D eigenvalue weighted by molar-refractivity contribution is 5.76. The Kier molecular flexibility index (Phi) is 13.5. The highest BCUT2D eigenvalue weighted by atomic mass is 19.1. The van der Waals surface area contributed by atoms with E-state index < -0.39 is 30.1 Å². The van der Waals surface area contributed by atoms with Crippen LogP contribution in [0, 0.1) is 17.7 Å². The molecule has 0 unspecified atom stereocenters. The zero-order chi connectivity index (χ0) is 37.4. The zero-order valence-corrected chi connectivity index (χ0v) is 31.2. The molecule has 0 saturated carbocycles. The number of anilines is 1. The number of aliphatic hydroxyl groups is 1. The van der Waals surface area contributed by atoms with E-state index in [2.05, 4.69) is 21.9 Å². The third-order valence-corrected chi connectivity index (χ3v) is 10.6. The monoisotopic (exact) mass is 722 g/mol. The number of carbonyl (C=O) groups excluding carboxylic acids is 3. The van der Waals surface area contributed by atoms with E-state index in [0.29, 0.717) is 55.8 Å². The van der Waals surface area contributed by atoms with E-state index in [1.54, 1.807) is 40.0 Å². The molecule has 0 spiro atoms. The Morgan fingerprint density at radius 2 is 1.79 bits per heavy atom. The summed E-state index contributed by atoms with van der Waals surface area (Å²) < 4.78 is 28.7. The number of benzene rings is 1. The minimum atomic E-state index is -0.899. The number of likely N-dealkylation sites (tertiary alicyclic amines) is 1. The summed E-state index contributed by atoms with van der Waals surface area (Å²) >= 11 is 0. The van der Waals surface area contributed by atoms with Crippen molar-refractivity contribution < 1.29 is 33.4 Å². The van der Waals surface area contributed by atoms with E-state index in [1.807, 2.05) is 45.1 Å². The lowest BCUT2D eigenvalue weighted by Gasteiger charge is -2.36. The van der Waals surface area contributed by atoms with Gasteiger partial charge in [0.2, 0.25) is 5.91 Å². The van der Waals surface area contributed by atoms with Crippen molar-refractivity contribution in [2.75, 3.05) is 58.3 Å². The van der Waals surface area contributed by atoms with E-state index >= 15 is 4.39 Å². The number of piperazine rings is 1. The first-order chi connectivity index (χ1) is 24.9. The van der Waals surface area contributed by atoms with Gasteiger partial charge in [-0.3, -0.25) is 14.3 Å². The third kappa shape index (κ3) is 10.7. The smallest absolute Gasteiger partial charge is 0.410 e. The summed E-state index contributed by atoms with van der Waals surface area (Å²) in [5, 5.41) is 14.8. The molecule has 52 heavy (non-hydrogen) atoms. The van der Waals surface area contributed by atoms with Crippen molar-refractivity contribution in [3.05, 3.63) is 65.8 Å². The molecule has 3 aliphatic heterocycles. The summed E-state index contributed by atoms with van der Waals surface area (Å²) in [5.41, 5.74) is 2.01. The van der Waals surface area contributed by atoms with Crippen LogP contribution in [0.3, 0.4) is 0 Å². The van der Waals surface area contributed by atoms with Crippen molar-refractivity contribution >= 4 is 29.7 Å². The molecule has 0 radical (unpaired) electrons. The summed E-state index contributed by atoms with van der Waals surface area (Å²) in [5.74, 6) is -1.34. The number of ether oxygens (including phenoxy) is 2. The van der Waals surface area contributed by atoms with Gasteiger partial charge in [-0.1, -0.05) is 26.0 Å². The standard InChI is InChI=1S/C39H55FN6O6/c1-27-7-9-34(47)25-37(49)52-38(28(2)8-10-35(27)51-39(50)43(5)32-11-15-42(4)16-12-32)29(3)21-30-22-31(40)24-33(23-30)44-17-19-45(20-18-44)36(48)26-46-14-6-13-41-46/h6,8,10,13-14,21-24,27-28,32,34-35,38,47H,7,9,11-12,15-20,25-26H2,1-5H3/b10-8+,29-21+/t27-,28-,34+,35+,38-/m0/s1. The van der Waals surface area contributed by atoms with Gasteiger partial charge in [0.15, 0.2) is 0 Å². The van der Waals surface area contributed by atoms with Crippen LogP contribution in [-0.2, 0) is 25.6 Å². The topological polar surface area (TPSA) is 121 Å². The fourth-order valence-electron chi connectivity index (χ4n) is 7.23. The minimum absolute atomic E-state index is 0.0111. The van der Waals surface area contributed by atoms with Gasteiger partial charge in [0.25, 0.3) is 0 Å². The van der Waals surface area contributed by atoms with E-state index in [4.69, 9.17) is 9.47 Å². The van der Waals surface area contributed by atoms with Gasteiger partial charge in [-0.2, -0.15) is 5.10 Å². The number of nitrogens with zero attached hydrogens (tertiary/aromatic N) is 6. The number of hydrogen-bond acceptors (Lipinski definition) is 9. The van der Waals surface area contributed by atoms with Crippen LogP contribution in [0.2, 0.25) is 0 Å². The number of hydrogen-bond donors (Lipinski definition) is 1. The molecule has 13 heteroatoms. The second-order valence-corrected chi connectivity index (χ2v) is 14.8. The van der Waals surface area contributed by atoms with E-state index in [9.17, 15) is 19.5 Å². The molecule has 0 aliphatic carbocycles. The lowest BCUT2D eigenvalue weighted by Crippen LogP contribution is -2.49. The maximum absolute atomic E-state index is 15.1. The zero-order valence-electron chi connectivity index (χ0n) is 31.2. The molecule has 2 aromatic rings. The maximum Gasteiger partial charge on any atom is 0.410 e. The Bertz CT molecular complexity index is 1570. The van der Waals surface area contributed by atoms with Crippen LogP contribution in [0.15, 0.2) is 54.4 Å². The Morgan fingerprint density at radius 3 is 2.48 bits per heavy atom. The SMILES string of the molecule is C/C(=C\c1cc(F)cc(N2CCN(C(=O)Cn3cccn3)CC2)c1)[C@H]1OC(=O)C[C@H](O)CC[C@H](C)[C@H](OC(=O)N(C)C2CCN(C)CC2)/C=C/[C@@H]1C. The first kappa shape index (κ1) is 39.0. The molecule has 5 rings (SSSR count). The summed E-state index contributed by atoms with van der Waals surface area (Å²) in [7, 11) is 3.87. The molecule has 5 atom stereocenters. The fourth-order valence-corrected chi connectivity index (χ4v) is 7.23. The Labute approximate surface area is 306 Å². The summed E-state index contributed by atoms with van der Waals surface area (Å²) in [6.45, 7) is 9.92. The summed E-state index contributed by atoms with van der Waals surface area (Å²) in [6.07, 6.45) is 9.02. The molecule has 284 valence electrons. The minimum Gasteiger partial charge on any atom is -0.457 e. The number of halogens is 1. The number of amides is 2. The quantitative estimate of drug-likeness (QED) is 0.323. The van der Waals surface area contributed by atoms with Crippen molar-refractivity contribution in [3.8, 4) is 0 Å². The largest absolute Gasteiger partial charge is 0.457 e. The molecule has 4 heterocycles. The molecule has 1 aromatic carbocycles. The molecule has 3 aliphatic rings. The van der Waals surface area contributed by atoms with Gasteiger partial charge in [-0.15, -0.1) is 0 Å². The molecule has 2 amide bonds. The average molecular weight is 723 g/mol. The van der Waals surface area contributed by atoms with E-state index in [-0.39, 0.29) is 42.8 Å². The van der Waals surface area contributed by atoms with Gasteiger partial charge in [0.1, 0.15) is 24.6 Å². The number of esters is 1. The molecule has 1 N–H and O–H groups in total. The second-order valence-electron chi connectivity index (χ2n) is 14.8. The lowest BCUT2D eigenvalue weighted by atomic mass is 9.91.